The van der Waals surface area contributed by atoms with E-state index in [1.165, 1.54) is 84.9 Å². The summed E-state index contributed by atoms with van der Waals surface area (Å²) in [5.74, 6) is 0. The minimum atomic E-state index is -0.448. The van der Waals surface area contributed by atoms with Crippen LogP contribution in [0.5, 0.6) is 0 Å². The Morgan fingerprint density at radius 2 is 1.03 bits per heavy atom. The molecule has 0 atom stereocenters. The lowest BCUT2D eigenvalue weighted by Gasteiger charge is -2.34. The molecule has 0 unspecified atom stereocenters. The third-order valence-electron chi connectivity index (χ3n) is 12.1. The minimum absolute atomic E-state index is 0.448. The molecule has 272 valence electrons. The molecule has 0 saturated heterocycles. The number of anilines is 3. The van der Waals surface area contributed by atoms with E-state index in [4.69, 9.17) is 0 Å². The number of thiophene rings is 2. The molecule has 1 aliphatic rings. The maximum atomic E-state index is 2.44. The third kappa shape index (κ3) is 4.94. The molecule has 0 saturated carbocycles. The first-order chi connectivity index (χ1) is 28.8. The van der Waals surface area contributed by atoms with Gasteiger partial charge in [0.05, 0.1) is 5.41 Å². The van der Waals surface area contributed by atoms with Crippen molar-refractivity contribution in [2.24, 2.45) is 0 Å². The maximum Gasteiger partial charge on any atom is 0.0728 e. The molecule has 0 N–H and O–H groups in total. The van der Waals surface area contributed by atoms with Gasteiger partial charge in [-0.2, -0.15) is 0 Å². The van der Waals surface area contributed by atoms with Gasteiger partial charge in [0.25, 0.3) is 0 Å². The Morgan fingerprint density at radius 3 is 1.83 bits per heavy atom. The second-order valence-corrected chi connectivity index (χ2v) is 17.3. The zero-order valence-electron chi connectivity index (χ0n) is 31.5. The Morgan fingerprint density at radius 1 is 0.379 bits per heavy atom. The Bertz CT molecular complexity index is 3300. The van der Waals surface area contributed by atoms with E-state index in [0.29, 0.717) is 0 Å². The van der Waals surface area contributed by atoms with Gasteiger partial charge in [-0.25, -0.2) is 0 Å². The molecule has 0 radical (unpaired) electrons. The first kappa shape index (κ1) is 33.4. The van der Waals surface area contributed by atoms with E-state index in [1.807, 2.05) is 22.7 Å². The topological polar surface area (TPSA) is 3.24 Å². The van der Waals surface area contributed by atoms with Crippen molar-refractivity contribution in [3.63, 3.8) is 0 Å². The van der Waals surface area contributed by atoms with Crippen molar-refractivity contribution in [3.8, 4) is 21.6 Å². The predicted octanol–water partition coefficient (Wildman–Crippen LogP) is 15.9. The van der Waals surface area contributed by atoms with Gasteiger partial charge in [-0.1, -0.05) is 158 Å². The van der Waals surface area contributed by atoms with E-state index in [0.717, 1.165) is 17.1 Å². The van der Waals surface area contributed by atoms with Crippen molar-refractivity contribution in [1.82, 2.24) is 0 Å². The van der Waals surface area contributed by atoms with Crippen LogP contribution in [-0.2, 0) is 5.41 Å². The summed E-state index contributed by atoms with van der Waals surface area (Å²) >= 11 is 3.82. The molecule has 0 fully saturated rings. The molecule has 0 amide bonds. The fraction of sp³-hybridized carbons (Fsp3) is 0.0182. The highest BCUT2D eigenvalue weighted by atomic mass is 32.1. The quantitative estimate of drug-likeness (QED) is 0.163. The van der Waals surface area contributed by atoms with Gasteiger partial charge in [-0.15, -0.1) is 22.7 Å². The number of nitrogens with zero attached hydrogens (tertiary/aromatic N) is 1. The molecular formula is C55H35NS2. The highest BCUT2D eigenvalue weighted by Crippen LogP contribution is 2.62. The van der Waals surface area contributed by atoms with Crippen LogP contribution in [0, 0.1) is 0 Å². The molecule has 3 heteroatoms. The van der Waals surface area contributed by atoms with Crippen molar-refractivity contribution >= 4 is 80.8 Å². The smallest absolute Gasteiger partial charge is 0.0728 e. The van der Waals surface area contributed by atoms with Crippen LogP contribution in [0.15, 0.2) is 212 Å². The normalized spacial score (nSPS) is 13.0. The zero-order valence-corrected chi connectivity index (χ0v) is 33.1. The van der Waals surface area contributed by atoms with Crippen LogP contribution < -0.4 is 4.90 Å². The van der Waals surface area contributed by atoms with Gasteiger partial charge in [-0.05, 0) is 104 Å². The molecule has 12 rings (SSSR count). The van der Waals surface area contributed by atoms with Gasteiger partial charge in [0.15, 0.2) is 0 Å². The summed E-state index contributed by atoms with van der Waals surface area (Å²) in [4.78, 5) is 3.75. The van der Waals surface area contributed by atoms with E-state index in [9.17, 15) is 0 Å². The molecule has 0 spiro atoms. The van der Waals surface area contributed by atoms with Crippen LogP contribution in [0.4, 0.5) is 17.1 Å². The fourth-order valence-corrected chi connectivity index (χ4v) is 12.1. The first-order valence-corrected chi connectivity index (χ1v) is 21.5. The number of rotatable bonds is 6. The number of para-hydroxylation sites is 1. The molecule has 0 bridgehead atoms. The summed E-state index contributed by atoms with van der Waals surface area (Å²) in [6.45, 7) is 0. The molecule has 2 aromatic heterocycles. The molecule has 58 heavy (non-hydrogen) atoms. The molecule has 0 aliphatic heterocycles. The van der Waals surface area contributed by atoms with Gasteiger partial charge >= 0.3 is 0 Å². The minimum Gasteiger partial charge on any atom is -0.310 e. The summed E-state index contributed by atoms with van der Waals surface area (Å²) < 4.78 is 3.92. The molecule has 1 nitrogen and oxygen atoms in total. The second kappa shape index (κ2) is 13.1. The number of hydrogen-bond acceptors (Lipinski definition) is 3. The van der Waals surface area contributed by atoms with E-state index in [-0.39, 0.29) is 0 Å². The number of fused-ring (bicyclic) bond motifs is 9. The number of hydrogen-bond donors (Lipinski definition) is 0. The van der Waals surface area contributed by atoms with Crippen LogP contribution in [0.25, 0.3) is 62.6 Å². The van der Waals surface area contributed by atoms with Crippen molar-refractivity contribution in [2.75, 3.05) is 4.90 Å². The highest BCUT2D eigenvalue weighted by Gasteiger charge is 2.49. The highest BCUT2D eigenvalue weighted by molar-refractivity contribution is 7.26. The van der Waals surface area contributed by atoms with Crippen molar-refractivity contribution in [2.45, 2.75) is 5.41 Å². The summed E-state index contributed by atoms with van der Waals surface area (Å²) in [7, 11) is 0. The largest absolute Gasteiger partial charge is 0.310 e. The van der Waals surface area contributed by atoms with Gasteiger partial charge < -0.3 is 4.90 Å². The van der Waals surface area contributed by atoms with Crippen LogP contribution in [0.1, 0.15) is 22.3 Å². The van der Waals surface area contributed by atoms with Crippen LogP contribution >= 0.6 is 22.7 Å². The van der Waals surface area contributed by atoms with E-state index < -0.39 is 5.41 Å². The predicted molar refractivity (Wildman–Crippen MR) is 250 cm³/mol. The Labute approximate surface area is 345 Å². The lowest BCUT2D eigenvalue weighted by atomic mass is 9.67. The summed E-state index contributed by atoms with van der Waals surface area (Å²) in [6, 6.07) is 78.5. The van der Waals surface area contributed by atoms with Gasteiger partial charge in [0.1, 0.15) is 0 Å². The van der Waals surface area contributed by atoms with E-state index >= 15 is 0 Å². The summed E-state index contributed by atoms with van der Waals surface area (Å²) in [5.41, 5.74) is 12.2. The lowest BCUT2D eigenvalue weighted by molar-refractivity contribution is 0.777. The summed E-state index contributed by atoms with van der Waals surface area (Å²) in [5, 5.41) is 6.38. The molecular weight excluding hydrogens is 739 g/mol. The Kier molecular flexibility index (Phi) is 7.56. The lowest BCUT2D eigenvalue weighted by Crippen LogP contribution is -2.28. The first-order valence-electron chi connectivity index (χ1n) is 19.8. The summed E-state index contributed by atoms with van der Waals surface area (Å²) in [6.07, 6.45) is 0. The molecule has 11 aromatic rings. The van der Waals surface area contributed by atoms with Crippen LogP contribution in [-0.4, -0.2) is 0 Å². The van der Waals surface area contributed by atoms with Crippen molar-refractivity contribution in [1.29, 1.82) is 0 Å². The van der Waals surface area contributed by atoms with Gasteiger partial charge in [0, 0.05) is 52.4 Å². The van der Waals surface area contributed by atoms with Crippen molar-refractivity contribution in [3.05, 3.63) is 235 Å². The van der Waals surface area contributed by atoms with E-state index in [1.54, 1.807) is 0 Å². The average Bonchev–Trinajstić information content (AvgIpc) is 3.95. The Hall–Kier alpha value is -6.78. The molecule has 9 aromatic carbocycles. The van der Waals surface area contributed by atoms with Crippen molar-refractivity contribution < 1.29 is 0 Å². The van der Waals surface area contributed by atoms with Crippen LogP contribution in [0.2, 0.25) is 0 Å². The maximum absolute atomic E-state index is 2.44. The zero-order chi connectivity index (χ0) is 38.2. The number of benzene rings is 9. The monoisotopic (exact) mass is 773 g/mol. The average molecular weight is 774 g/mol. The van der Waals surface area contributed by atoms with Gasteiger partial charge in [0.2, 0.25) is 0 Å². The van der Waals surface area contributed by atoms with Crippen LogP contribution in [0.3, 0.4) is 0 Å². The Balaban J connectivity index is 1.05. The second-order valence-electron chi connectivity index (χ2n) is 15.2. The SMILES string of the molecule is c1ccc(N(c2ccc3ccccc3c2)c2ccc3sc4cc(-c5cccc6c5-c5sc7ccccc7c5C6(c5ccccc5)c5ccccc5)ccc4c3c2)cc1. The molecule has 1 aliphatic carbocycles. The molecule has 2 heterocycles. The van der Waals surface area contributed by atoms with Gasteiger partial charge in [-0.3, -0.25) is 0 Å². The standard InChI is InChI=1S/C55H35NS2/c1-4-17-39(18-5-1)55(40-19-6-2-7-20-40)48-25-14-24-44(52(48)54-53(55)46-23-12-13-26-49(46)58-54)38-28-31-45-47-35-43(30-32-50(47)57-51(45)34-38)56(41-21-8-3-9-22-41)42-29-27-36-15-10-11-16-37(36)33-42/h1-35H. The van der Waals surface area contributed by atoms with E-state index in [2.05, 4.69) is 217 Å². The third-order valence-corrected chi connectivity index (χ3v) is 14.4. The fourth-order valence-electron chi connectivity index (χ4n) is 9.63.